The van der Waals surface area contributed by atoms with Gasteiger partial charge in [0, 0.05) is 17.7 Å². The molecule has 3 rings (SSSR count). The molecule has 1 aromatic carbocycles. The molecule has 0 saturated carbocycles. The first-order valence-electron chi connectivity index (χ1n) is 6.83. The third kappa shape index (κ3) is 3.22. The van der Waals surface area contributed by atoms with Gasteiger partial charge >= 0.3 is 0 Å². The van der Waals surface area contributed by atoms with Crippen molar-refractivity contribution in [3.63, 3.8) is 0 Å². The average Bonchev–Trinajstić information content (AvgIpc) is 2.97. The fourth-order valence-corrected chi connectivity index (χ4v) is 4.01. The van der Waals surface area contributed by atoms with Crippen LogP contribution in [0.2, 0.25) is 0 Å². The summed E-state index contributed by atoms with van der Waals surface area (Å²) in [4.78, 5) is 0.327. The highest BCUT2D eigenvalue weighted by atomic mass is 32.2. The molecule has 0 spiro atoms. The van der Waals surface area contributed by atoms with E-state index in [4.69, 9.17) is 0 Å². The van der Waals surface area contributed by atoms with Crippen molar-refractivity contribution in [2.24, 2.45) is 0 Å². The monoisotopic (exact) mass is 320 g/mol. The van der Waals surface area contributed by atoms with Crippen LogP contribution < -0.4 is 0 Å². The summed E-state index contributed by atoms with van der Waals surface area (Å²) in [5.74, 6) is 0.469. The predicted octanol–water partition coefficient (Wildman–Crippen LogP) is 3.43. The summed E-state index contributed by atoms with van der Waals surface area (Å²) in [5.41, 5.74) is 0.914. The molecule has 110 valence electrons. The number of benzene rings is 1. The lowest BCUT2D eigenvalue weighted by molar-refractivity contribution is 0.602. The fourth-order valence-electron chi connectivity index (χ4n) is 2.38. The Morgan fingerprint density at radius 3 is 2.52 bits per heavy atom. The number of hydrogen-bond donors (Lipinski definition) is 0. The number of nitrogens with zero attached hydrogens (tertiary/aromatic N) is 2. The van der Waals surface area contributed by atoms with Crippen molar-refractivity contribution in [3.8, 4) is 10.6 Å². The van der Waals surface area contributed by atoms with Crippen molar-refractivity contribution in [3.05, 3.63) is 41.4 Å². The van der Waals surface area contributed by atoms with Crippen LogP contribution in [0, 0.1) is 0 Å². The van der Waals surface area contributed by atoms with Crippen LogP contribution in [0.25, 0.3) is 10.6 Å². The molecule has 1 aliphatic carbocycles. The van der Waals surface area contributed by atoms with Crippen molar-refractivity contribution < 1.29 is 8.42 Å². The summed E-state index contributed by atoms with van der Waals surface area (Å²) in [5, 5.41) is 10.5. The molecule has 0 aliphatic heterocycles. The van der Waals surface area contributed by atoms with E-state index in [1.54, 1.807) is 35.6 Å². The second kappa shape index (κ2) is 5.69. The van der Waals surface area contributed by atoms with Gasteiger partial charge in [0.05, 0.1) is 4.90 Å². The van der Waals surface area contributed by atoms with Gasteiger partial charge in [-0.3, -0.25) is 0 Å². The van der Waals surface area contributed by atoms with E-state index >= 15 is 0 Å². The van der Waals surface area contributed by atoms with E-state index in [1.807, 2.05) is 0 Å². The summed E-state index contributed by atoms with van der Waals surface area (Å²) < 4.78 is 22.9. The molecule has 1 heterocycles. The van der Waals surface area contributed by atoms with Gasteiger partial charge in [0.2, 0.25) is 0 Å². The van der Waals surface area contributed by atoms with Crippen LogP contribution in [0.4, 0.5) is 0 Å². The van der Waals surface area contributed by atoms with Crippen molar-refractivity contribution in [2.45, 2.75) is 30.1 Å². The standard InChI is InChI=1S/C15H16N2O2S2/c1-21(18,19)13-9-7-12(8-10-13)15-17-16-14(20-15)11-5-3-2-4-6-11/h2-3,7-11H,4-6H2,1H3/t11-/m0/s1. The first-order chi connectivity index (χ1) is 10.0. The molecule has 0 radical (unpaired) electrons. The molecule has 0 unspecified atom stereocenters. The molecule has 0 bridgehead atoms. The zero-order valence-electron chi connectivity index (χ0n) is 11.7. The molecule has 0 N–H and O–H groups in total. The van der Waals surface area contributed by atoms with Crippen LogP contribution in [-0.4, -0.2) is 24.9 Å². The summed E-state index contributed by atoms with van der Waals surface area (Å²) in [6.07, 6.45) is 8.88. The third-order valence-corrected chi connectivity index (χ3v) is 5.85. The Morgan fingerprint density at radius 2 is 1.90 bits per heavy atom. The van der Waals surface area contributed by atoms with Gasteiger partial charge in [-0.1, -0.05) is 35.6 Å². The van der Waals surface area contributed by atoms with E-state index in [2.05, 4.69) is 22.3 Å². The second-order valence-electron chi connectivity index (χ2n) is 5.22. The van der Waals surface area contributed by atoms with Crippen LogP contribution in [0.15, 0.2) is 41.3 Å². The average molecular weight is 320 g/mol. The molecule has 21 heavy (non-hydrogen) atoms. The zero-order chi connectivity index (χ0) is 14.9. The van der Waals surface area contributed by atoms with Gasteiger partial charge in [0.15, 0.2) is 9.84 Å². The predicted molar refractivity (Wildman–Crippen MR) is 84.2 cm³/mol. The van der Waals surface area contributed by atoms with E-state index in [0.717, 1.165) is 34.8 Å². The largest absolute Gasteiger partial charge is 0.224 e. The van der Waals surface area contributed by atoms with E-state index < -0.39 is 9.84 Å². The van der Waals surface area contributed by atoms with Crippen LogP contribution in [0.1, 0.15) is 30.2 Å². The van der Waals surface area contributed by atoms with Gasteiger partial charge in [-0.15, -0.1) is 10.2 Å². The van der Waals surface area contributed by atoms with Crippen molar-refractivity contribution in [1.82, 2.24) is 10.2 Å². The van der Waals surface area contributed by atoms with Gasteiger partial charge in [0.25, 0.3) is 0 Å². The maximum Gasteiger partial charge on any atom is 0.175 e. The van der Waals surface area contributed by atoms with Crippen molar-refractivity contribution in [2.75, 3.05) is 6.26 Å². The Hall–Kier alpha value is -1.53. The van der Waals surface area contributed by atoms with Crippen molar-refractivity contribution >= 4 is 21.2 Å². The SMILES string of the molecule is CS(=O)(=O)c1ccc(-c2nnc([C@H]3CC=CCC3)s2)cc1. The third-order valence-electron chi connectivity index (χ3n) is 3.59. The number of allylic oxidation sites excluding steroid dienone is 2. The first kappa shape index (κ1) is 14.4. The quantitative estimate of drug-likeness (QED) is 0.813. The Labute approximate surface area is 128 Å². The molecule has 1 atom stereocenters. The Morgan fingerprint density at radius 1 is 1.14 bits per heavy atom. The zero-order valence-corrected chi connectivity index (χ0v) is 13.3. The van der Waals surface area contributed by atoms with Gasteiger partial charge in [0.1, 0.15) is 10.0 Å². The maximum atomic E-state index is 11.5. The number of rotatable bonds is 3. The molecule has 0 amide bonds. The molecular weight excluding hydrogens is 304 g/mol. The summed E-state index contributed by atoms with van der Waals surface area (Å²) in [7, 11) is -3.15. The van der Waals surface area contributed by atoms with Gasteiger partial charge in [-0.25, -0.2) is 8.42 Å². The molecule has 1 aromatic heterocycles. The lowest BCUT2D eigenvalue weighted by atomic mass is 9.95. The van der Waals surface area contributed by atoms with Crippen LogP contribution in [0.3, 0.4) is 0 Å². The Balaban J connectivity index is 1.84. The minimum atomic E-state index is -3.15. The molecule has 0 saturated heterocycles. The molecule has 1 aliphatic rings. The van der Waals surface area contributed by atoms with Gasteiger partial charge < -0.3 is 0 Å². The highest BCUT2D eigenvalue weighted by molar-refractivity contribution is 7.90. The normalized spacial score (nSPS) is 18.8. The van der Waals surface area contributed by atoms with E-state index in [1.165, 1.54) is 6.26 Å². The highest BCUT2D eigenvalue weighted by Gasteiger charge is 2.18. The highest BCUT2D eigenvalue weighted by Crippen LogP contribution is 2.34. The van der Waals surface area contributed by atoms with Gasteiger partial charge in [-0.05, 0) is 31.4 Å². The summed E-state index contributed by atoms with van der Waals surface area (Å²) >= 11 is 1.60. The first-order valence-corrected chi connectivity index (χ1v) is 9.54. The topological polar surface area (TPSA) is 59.9 Å². The van der Waals surface area contributed by atoms with E-state index in [-0.39, 0.29) is 0 Å². The number of sulfone groups is 1. The maximum absolute atomic E-state index is 11.5. The minimum Gasteiger partial charge on any atom is -0.224 e. The lowest BCUT2D eigenvalue weighted by Gasteiger charge is -2.13. The lowest BCUT2D eigenvalue weighted by Crippen LogP contribution is -1.99. The van der Waals surface area contributed by atoms with Gasteiger partial charge in [-0.2, -0.15) is 0 Å². The number of hydrogen-bond acceptors (Lipinski definition) is 5. The fraction of sp³-hybridized carbons (Fsp3) is 0.333. The summed E-state index contributed by atoms with van der Waals surface area (Å²) in [6.45, 7) is 0. The molecule has 0 fully saturated rings. The van der Waals surface area contributed by atoms with E-state index in [0.29, 0.717) is 10.8 Å². The number of aromatic nitrogens is 2. The Bertz CT molecular complexity index is 761. The molecule has 4 nitrogen and oxygen atoms in total. The van der Waals surface area contributed by atoms with Crippen LogP contribution in [0.5, 0.6) is 0 Å². The summed E-state index contributed by atoms with van der Waals surface area (Å²) in [6, 6.07) is 6.83. The van der Waals surface area contributed by atoms with Crippen LogP contribution >= 0.6 is 11.3 Å². The Kier molecular flexibility index (Phi) is 3.91. The van der Waals surface area contributed by atoms with Crippen LogP contribution in [-0.2, 0) is 9.84 Å². The minimum absolute atomic E-state index is 0.327. The van der Waals surface area contributed by atoms with E-state index in [9.17, 15) is 8.42 Å². The van der Waals surface area contributed by atoms with Crippen molar-refractivity contribution in [1.29, 1.82) is 0 Å². The molecule has 2 aromatic rings. The molecular formula is C15H16N2O2S2. The molecule has 6 heteroatoms. The second-order valence-corrected chi connectivity index (χ2v) is 8.25. The smallest absolute Gasteiger partial charge is 0.175 e.